The highest BCUT2D eigenvalue weighted by molar-refractivity contribution is 7.45. The largest absolute Gasteiger partial charge is 0.756 e. The van der Waals surface area contributed by atoms with E-state index in [9.17, 15) is 14.3 Å². The first-order chi connectivity index (χ1) is 30.6. The molecular formula is C54H96NO7P. The molecule has 2 atom stereocenters. The molecule has 0 aromatic rings. The molecule has 364 valence electrons. The van der Waals surface area contributed by atoms with E-state index in [0.29, 0.717) is 24.1 Å². The number of carbonyl (C=O) groups is 1. The molecule has 0 aliphatic heterocycles. The monoisotopic (exact) mass is 902 g/mol. The standard InChI is InChI=1S/C54H96NO7P/c1-6-8-10-12-14-16-18-20-22-24-26-28-29-31-33-35-37-39-41-43-45-47-54(56)62-53(52-61-63(57,58)60-50-48-55(3,4)5)51-59-49-46-44-42-40-38-36-34-32-30-27-25-23-21-19-17-15-13-11-9-7-2/h8,10,14-17,20-23,26-28,30,53H,6-7,9,11-13,18-19,24-25,29,31-52H2,1-5H3/b10-8-,16-14-,17-15-,22-20-,23-21-,28-26-,30-27-. The molecule has 0 rings (SSSR count). The zero-order chi connectivity index (χ0) is 46.2. The first-order valence-electron chi connectivity index (χ1n) is 25.3. The Morgan fingerprint density at radius 2 is 0.921 bits per heavy atom. The third-order valence-electron chi connectivity index (χ3n) is 10.4. The van der Waals surface area contributed by atoms with Gasteiger partial charge in [-0.2, -0.15) is 0 Å². The van der Waals surface area contributed by atoms with Crippen LogP contribution in [0.2, 0.25) is 0 Å². The second-order valence-corrected chi connectivity index (χ2v) is 19.2. The molecule has 0 aromatic heterocycles. The minimum Gasteiger partial charge on any atom is -0.756 e. The first kappa shape index (κ1) is 60.7. The number of hydrogen-bond donors (Lipinski definition) is 0. The Morgan fingerprint density at radius 1 is 0.508 bits per heavy atom. The number of quaternary nitrogens is 1. The summed E-state index contributed by atoms with van der Waals surface area (Å²) in [5, 5.41) is 0. The van der Waals surface area contributed by atoms with Crippen LogP contribution in [0.1, 0.15) is 194 Å². The fourth-order valence-corrected chi connectivity index (χ4v) is 7.27. The van der Waals surface area contributed by atoms with Crippen LogP contribution >= 0.6 is 7.82 Å². The van der Waals surface area contributed by atoms with Crippen LogP contribution in [-0.2, 0) is 27.9 Å². The molecule has 0 N–H and O–H groups in total. The molecule has 0 saturated carbocycles. The van der Waals surface area contributed by atoms with E-state index < -0.39 is 13.9 Å². The topological polar surface area (TPSA) is 94.1 Å². The fourth-order valence-electron chi connectivity index (χ4n) is 6.54. The number of nitrogens with zero attached hydrogens (tertiary/aromatic N) is 1. The summed E-state index contributed by atoms with van der Waals surface area (Å²) < 4.78 is 34.7. The normalized spacial score (nSPS) is 14.3. The highest BCUT2D eigenvalue weighted by Gasteiger charge is 2.20. The lowest BCUT2D eigenvalue weighted by molar-refractivity contribution is -0.870. The van der Waals surface area contributed by atoms with Gasteiger partial charge in [0.2, 0.25) is 0 Å². The third kappa shape index (κ3) is 50.5. The zero-order valence-corrected chi connectivity index (χ0v) is 42.1. The smallest absolute Gasteiger partial charge is 0.306 e. The number of likely N-dealkylation sites (N-methyl/N-ethyl adjacent to an activating group) is 1. The highest BCUT2D eigenvalue weighted by atomic mass is 31.2. The molecule has 0 aromatic carbocycles. The van der Waals surface area contributed by atoms with E-state index in [1.807, 2.05) is 21.1 Å². The lowest BCUT2D eigenvalue weighted by Crippen LogP contribution is -2.37. The number of hydrogen-bond acceptors (Lipinski definition) is 7. The van der Waals surface area contributed by atoms with Crippen molar-refractivity contribution in [2.24, 2.45) is 0 Å². The van der Waals surface area contributed by atoms with Gasteiger partial charge in [0, 0.05) is 13.0 Å². The fraction of sp³-hybridized carbons (Fsp3) is 0.722. The van der Waals surface area contributed by atoms with Gasteiger partial charge in [0.1, 0.15) is 19.3 Å². The van der Waals surface area contributed by atoms with Crippen molar-refractivity contribution in [2.45, 2.75) is 200 Å². The lowest BCUT2D eigenvalue weighted by Gasteiger charge is -2.28. The quantitative estimate of drug-likeness (QED) is 0.0197. The van der Waals surface area contributed by atoms with Crippen molar-refractivity contribution >= 4 is 13.8 Å². The van der Waals surface area contributed by atoms with Crippen LogP contribution in [0.15, 0.2) is 85.1 Å². The minimum atomic E-state index is -4.54. The van der Waals surface area contributed by atoms with Crippen LogP contribution in [0.4, 0.5) is 0 Å². The van der Waals surface area contributed by atoms with E-state index in [4.69, 9.17) is 18.5 Å². The Hall–Kier alpha value is -2.32. The number of esters is 1. The number of ether oxygens (including phenoxy) is 2. The Balaban J connectivity index is 4.21. The number of rotatable bonds is 46. The molecule has 0 spiro atoms. The Kier molecular flexibility index (Phi) is 44.5. The molecule has 0 saturated heterocycles. The predicted molar refractivity (Wildman–Crippen MR) is 268 cm³/mol. The van der Waals surface area contributed by atoms with Crippen molar-refractivity contribution in [1.82, 2.24) is 0 Å². The van der Waals surface area contributed by atoms with Gasteiger partial charge >= 0.3 is 5.97 Å². The summed E-state index contributed by atoms with van der Waals surface area (Å²) in [7, 11) is 1.33. The molecule has 9 heteroatoms. The van der Waals surface area contributed by atoms with Crippen molar-refractivity contribution in [2.75, 3.05) is 54.1 Å². The van der Waals surface area contributed by atoms with Gasteiger partial charge in [-0.25, -0.2) is 0 Å². The second kappa shape index (κ2) is 46.2. The SMILES string of the molecule is CC/C=C\C/C=C\C/C=C\C/C=C\CCCCCCCCCCC(=O)OC(COCCCCCCCCC/C=C\C/C=C\C/C=C\CCCCC)COP(=O)([O-])OCC[N+](C)(C)C. The van der Waals surface area contributed by atoms with E-state index in [1.165, 1.54) is 83.5 Å². The van der Waals surface area contributed by atoms with Gasteiger partial charge in [0.15, 0.2) is 0 Å². The second-order valence-electron chi connectivity index (χ2n) is 17.8. The van der Waals surface area contributed by atoms with E-state index >= 15 is 0 Å². The van der Waals surface area contributed by atoms with E-state index in [1.54, 1.807) is 0 Å². The third-order valence-corrected chi connectivity index (χ3v) is 11.4. The summed E-state index contributed by atoms with van der Waals surface area (Å²) in [5.74, 6) is -0.349. The molecular weight excluding hydrogens is 806 g/mol. The summed E-state index contributed by atoms with van der Waals surface area (Å²) in [5.41, 5.74) is 0. The van der Waals surface area contributed by atoms with Gasteiger partial charge in [-0.15, -0.1) is 0 Å². The number of phosphoric ester groups is 1. The minimum absolute atomic E-state index is 0.0177. The Bertz CT molecular complexity index is 1280. The molecule has 0 heterocycles. The summed E-state index contributed by atoms with van der Waals surface area (Å²) in [6, 6.07) is 0. The van der Waals surface area contributed by atoms with E-state index in [0.717, 1.165) is 89.9 Å². The van der Waals surface area contributed by atoms with Crippen molar-refractivity contribution in [1.29, 1.82) is 0 Å². The molecule has 0 amide bonds. The summed E-state index contributed by atoms with van der Waals surface area (Å²) in [4.78, 5) is 25.2. The van der Waals surface area contributed by atoms with Crippen molar-refractivity contribution < 1.29 is 37.3 Å². The van der Waals surface area contributed by atoms with Crippen molar-refractivity contribution in [3.8, 4) is 0 Å². The van der Waals surface area contributed by atoms with Crippen LogP contribution in [-0.4, -0.2) is 70.7 Å². The molecule has 0 bridgehead atoms. The van der Waals surface area contributed by atoms with Gasteiger partial charge in [-0.1, -0.05) is 182 Å². The van der Waals surface area contributed by atoms with Gasteiger partial charge in [0.25, 0.3) is 7.82 Å². The van der Waals surface area contributed by atoms with Crippen LogP contribution in [0.5, 0.6) is 0 Å². The maximum Gasteiger partial charge on any atom is 0.306 e. The van der Waals surface area contributed by atoms with Crippen LogP contribution < -0.4 is 4.89 Å². The first-order valence-corrected chi connectivity index (χ1v) is 26.8. The summed E-state index contributed by atoms with van der Waals surface area (Å²) in [6.07, 6.45) is 61.7. The highest BCUT2D eigenvalue weighted by Crippen LogP contribution is 2.38. The molecule has 63 heavy (non-hydrogen) atoms. The van der Waals surface area contributed by atoms with Crippen molar-refractivity contribution in [3.05, 3.63) is 85.1 Å². The average molecular weight is 902 g/mol. The van der Waals surface area contributed by atoms with Crippen LogP contribution in [0.3, 0.4) is 0 Å². The molecule has 0 aliphatic carbocycles. The van der Waals surface area contributed by atoms with Gasteiger partial charge < -0.3 is 27.9 Å². The zero-order valence-electron chi connectivity index (χ0n) is 41.2. The molecule has 8 nitrogen and oxygen atoms in total. The average Bonchev–Trinajstić information content (AvgIpc) is 3.24. The number of allylic oxidation sites excluding steroid dienone is 14. The van der Waals surface area contributed by atoms with E-state index in [2.05, 4.69) is 98.9 Å². The van der Waals surface area contributed by atoms with E-state index in [-0.39, 0.29) is 25.8 Å². The number of unbranched alkanes of at least 4 members (excludes halogenated alkanes) is 18. The molecule has 0 fully saturated rings. The Morgan fingerprint density at radius 3 is 1.38 bits per heavy atom. The van der Waals surface area contributed by atoms with Gasteiger partial charge in [-0.3, -0.25) is 9.36 Å². The molecule has 0 aliphatic rings. The number of phosphoric acid groups is 1. The van der Waals surface area contributed by atoms with Gasteiger partial charge in [0.05, 0.1) is 34.4 Å². The summed E-state index contributed by atoms with van der Waals surface area (Å²) in [6.45, 7) is 5.23. The maximum atomic E-state index is 12.7. The van der Waals surface area contributed by atoms with Crippen LogP contribution in [0.25, 0.3) is 0 Å². The van der Waals surface area contributed by atoms with Crippen molar-refractivity contribution in [3.63, 3.8) is 0 Å². The predicted octanol–water partition coefficient (Wildman–Crippen LogP) is 15.0. The maximum absolute atomic E-state index is 12.7. The summed E-state index contributed by atoms with van der Waals surface area (Å²) >= 11 is 0. The Labute approximate surface area is 388 Å². The molecule has 0 radical (unpaired) electrons. The number of carbonyl (C=O) groups excluding carboxylic acids is 1. The lowest BCUT2D eigenvalue weighted by atomic mass is 10.1. The molecule has 2 unspecified atom stereocenters. The van der Waals surface area contributed by atoms with Crippen LogP contribution in [0, 0.1) is 0 Å². The van der Waals surface area contributed by atoms with Gasteiger partial charge in [-0.05, 0) is 89.9 Å².